The van der Waals surface area contributed by atoms with Gasteiger partial charge in [0.05, 0.1) is 4.92 Å². The summed E-state index contributed by atoms with van der Waals surface area (Å²) in [5, 5.41) is 14.1. The van der Waals surface area contributed by atoms with Crippen molar-refractivity contribution in [3.8, 4) is 0 Å². The van der Waals surface area contributed by atoms with Crippen molar-refractivity contribution < 1.29 is 14.5 Å². The third-order valence-corrected chi connectivity index (χ3v) is 5.44. The van der Waals surface area contributed by atoms with Crippen LogP contribution in [-0.2, 0) is 7.05 Å². The maximum absolute atomic E-state index is 12.6. The number of halogens is 1. The lowest BCUT2D eigenvalue weighted by atomic mass is 9.96. The number of pyridine rings is 1. The largest absolute Gasteiger partial charge is 0.352 e. The molecule has 1 aromatic carbocycles. The second kappa shape index (κ2) is 9.08. The number of amides is 2. The van der Waals surface area contributed by atoms with E-state index in [1.54, 1.807) is 24.2 Å². The van der Waals surface area contributed by atoms with Crippen LogP contribution in [0.1, 0.15) is 33.6 Å². The topological polar surface area (TPSA) is 115 Å². The van der Waals surface area contributed by atoms with E-state index in [1.165, 1.54) is 28.8 Å². The molecular formula is C20H21ClN4O5. The van der Waals surface area contributed by atoms with E-state index in [4.69, 9.17) is 11.6 Å². The van der Waals surface area contributed by atoms with Crippen LogP contribution in [-0.4, -0.2) is 45.8 Å². The zero-order valence-corrected chi connectivity index (χ0v) is 17.1. The summed E-state index contributed by atoms with van der Waals surface area (Å²) >= 11 is 5.87. The number of nitrogens with one attached hydrogen (secondary N) is 1. The maximum atomic E-state index is 12.6. The smallest absolute Gasteiger partial charge is 0.282 e. The van der Waals surface area contributed by atoms with Gasteiger partial charge in [0.1, 0.15) is 11.1 Å². The molecule has 1 aromatic heterocycles. The van der Waals surface area contributed by atoms with E-state index in [9.17, 15) is 24.5 Å². The van der Waals surface area contributed by atoms with Gasteiger partial charge in [-0.2, -0.15) is 0 Å². The fraction of sp³-hybridized carbons (Fsp3) is 0.350. The standard InChI is InChI=1S/C20H21ClN4O5/c1-23-8-2-3-15(19(23)27)20(28)24-9-6-13(7-10-24)12-22-18(26)16-11-14(21)4-5-17(16)25(29)30/h2-5,8,11,13H,6-7,9-10,12H2,1H3,(H,22,26). The molecule has 2 aromatic rings. The van der Waals surface area contributed by atoms with Crippen molar-refractivity contribution in [2.45, 2.75) is 12.8 Å². The molecular weight excluding hydrogens is 412 g/mol. The zero-order valence-electron chi connectivity index (χ0n) is 16.3. The molecule has 1 N–H and O–H groups in total. The molecule has 158 valence electrons. The van der Waals surface area contributed by atoms with E-state index < -0.39 is 10.8 Å². The highest BCUT2D eigenvalue weighted by atomic mass is 35.5. The van der Waals surface area contributed by atoms with Gasteiger partial charge in [0.15, 0.2) is 0 Å². The molecule has 1 aliphatic rings. The Balaban J connectivity index is 1.57. The molecule has 0 radical (unpaired) electrons. The summed E-state index contributed by atoms with van der Waals surface area (Å²) in [5.41, 5.74) is -0.582. The Labute approximate surface area is 177 Å². The van der Waals surface area contributed by atoms with Crippen molar-refractivity contribution in [1.82, 2.24) is 14.8 Å². The fourth-order valence-electron chi connectivity index (χ4n) is 3.45. The number of aromatic nitrogens is 1. The first kappa shape index (κ1) is 21.5. The van der Waals surface area contributed by atoms with Crippen LogP contribution in [0.15, 0.2) is 41.3 Å². The van der Waals surface area contributed by atoms with E-state index in [0.29, 0.717) is 32.5 Å². The van der Waals surface area contributed by atoms with Crippen LogP contribution in [0.2, 0.25) is 5.02 Å². The molecule has 1 aliphatic heterocycles. The molecule has 0 unspecified atom stereocenters. The monoisotopic (exact) mass is 432 g/mol. The normalized spacial score (nSPS) is 14.4. The minimum atomic E-state index is -0.622. The number of aryl methyl sites for hydroxylation is 1. The average Bonchev–Trinajstić information content (AvgIpc) is 2.73. The Morgan fingerprint density at radius 1 is 1.23 bits per heavy atom. The number of piperidine rings is 1. The second-order valence-electron chi connectivity index (χ2n) is 7.20. The summed E-state index contributed by atoms with van der Waals surface area (Å²) in [4.78, 5) is 49.3. The Kier molecular flexibility index (Phi) is 6.51. The van der Waals surface area contributed by atoms with Crippen LogP contribution in [0.5, 0.6) is 0 Å². The molecule has 0 atom stereocenters. The highest BCUT2D eigenvalue weighted by Gasteiger charge is 2.26. The molecule has 0 spiro atoms. The van der Waals surface area contributed by atoms with E-state index in [1.807, 2.05) is 0 Å². The van der Waals surface area contributed by atoms with E-state index in [-0.39, 0.29) is 39.2 Å². The lowest BCUT2D eigenvalue weighted by Crippen LogP contribution is -2.43. The lowest BCUT2D eigenvalue weighted by Gasteiger charge is -2.32. The minimum Gasteiger partial charge on any atom is -0.352 e. The van der Waals surface area contributed by atoms with E-state index in [2.05, 4.69) is 5.32 Å². The first-order chi connectivity index (χ1) is 14.3. The Bertz CT molecular complexity index is 1040. The van der Waals surface area contributed by atoms with Gasteiger partial charge in [0, 0.05) is 44.0 Å². The van der Waals surface area contributed by atoms with Crippen molar-refractivity contribution in [2.24, 2.45) is 13.0 Å². The van der Waals surface area contributed by atoms with Crippen molar-refractivity contribution in [2.75, 3.05) is 19.6 Å². The number of rotatable bonds is 5. The first-order valence-corrected chi connectivity index (χ1v) is 9.82. The molecule has 2 heterocycles. The average molecular weight is 433 g/mol. The summed E-state index contributed by atoms with van der Waals surface area (Å²) in [6.45, 7) is 1.26. The first-order valence-electron chi connectivity index (χ1n) is 9.45. The summed E-state index contributed by atoms with van der Waals surface area (Å²) in [6, 6.07) is 7.02. The molecule has 3 rings (SSSR count). The Morgan fingerprint density at radius 3 is 2.60 bits per heavy atom. The van der Waals surface area contributed by atoms with Gasteiger partial charge in [-0.15, -0.1) is 0 Å². The zero-order chi connectivity index (χ0) is 21.8. The van der Waals surface area contributed by atoms with Gasteiger partial charge in [-0.25, -0.2) is 0 Å². The number of likely N-dealkylation sites (tertiary alicyclic amines) is 1. The van der Waals surface area contributed by atoms with Crippen LogP contribution in [0.4, 0.5) is 5.69 Å². The number of nitrogens with zero attached hydrogens (tertiary/aromatic N) is 3. The molecule has 0 bridgehead atoms. The van der Waals surface area contributed by atoms with Crippen LogP contribution in [0, 0.1) is 16.0 Å². The van der Waals surface area contributed by atoms with Crippen molar-refractivity contribution in [1.29, 1.82) is 0 Å². The fourth-order valence-corrected chi connectivity index (χ4v) is 3.62. The van der Waals surface area contributed by atoms with Gasteiger partial charge in [-0.3, -0.25) is 24.5 Å². The number of carbonyl (C=O) groups excluding carboxylic acids is 2. The van der Waals surface area contributed by atoms with E-state index >= 15 is 0 Å². The third kappa shape index (κ3) is 4.68. The number of nitro groups is 1. The number of carbonyl (C=O) groups is 2. The SMILES string of the molecule is Cn1cccc(C(=O)N2CCC(CNC(=O)c3cc(Cl)ccc3[N+](=O)[O-])CC2)c1=O. The predicted molar refractivity (Wildman–Crippen MR) is 111 cm³/mol. The highest BCUT2D eigenvalue weighted by Crippen LogP contribution is 2.23. The molecule has 2 amide bonds. The van der Waals surface area contributed by atoms with Crippen LogP contribution < -0.4 is 10.9 Å². The molecule has 1 fully saturated rings. The van der Waals surface area contributed by atoms with Crippen molar-refractivity contribution in [3.63, 3.8) is 0 Å². The maximum Gasteiger partial charge on any atom is 0.282 e. The molecule has 0 saturated carbocycles. The molecule has 9 nitrogen and oxygen atoms in total. The van der Waals surface area contributed by atoms with Gasteiger partial charge < -0.3 is 14.8 Å². The van der Waals surface area contributed by atoms with Crippen molar-refractivity contribution in [3.05, 3.63) is 73.1 Å². The lowest BCUT2D eigenvalue weighted by molar-refractivity contribution is -0.385. The van der Waals surface area contributed by atoms with E-state index in [0.717, 1.165) is 0 Å². The third-order valence-electron chi connectivity index (χ3n) is 5.21. The van der Waals surface area contributed by atoms with Gasteiger partial charge in [-0.1, -0.05) is 11.6 Å². The van der Waals surface area contributed by atoms with Crippen molar-refractivity contribution >= 4 is 29.1 Å². The molecule has 0 aliphatic carbocycles. The number of benzene rings is 1. The second-order valence-corrected chi connectivity index (χ2v) is 7.64. The molecule has 10 heteroatoms. The Morgan fingerprint density at radius 2 is 1.93 bits per heavy atom. The summed E-state index contributed by atoms with van der Waals surface area (Å²) in [6.07, 6.45) is 2.89. The summed E-state index contributed by atoms with van der Waals surface area (Å²) in [7, 11) is 1.60. The van der Waals surface area contributed by atoms with Crippen LogP contribution in [0.3, 0.4) is 0 Å². The minimum absolute atomic E-state index is 0.0833. The Hall–Kier alpha value is -3.20. The number of nitro benzene ring substituents is 1. The van der Waals surface area contributed by atoms with Gasteiger partial charge in [0.25, 0.3) is 23.1 Å². The van der Waals surface area contributed by atoms with Gasteiger partial charge in [-0.05, 0) is 43.0 Å². The number of hydrogen-bond donors (Lipinski definition) is 1. The van der Waals surface area contributed by atoms with Gasteiger partial charge >= 0.3 is 0 Å². The quantitative estimate of drug-likeness (QED) is 0.574. The molecule has 1 saturated heterocycles. The van der Waals surface area contributed by atoms with Crippen LogP contribution >= 0.6 is 11.6 Å². The summed E-state index contributed by atoms with van der Waals surface area (Å²) in [5.74, 6) is -0.737. The van der Waals surface area contributed by atoms with Gasteiger partial charge in [0.2, 0.25) is 0 Å². The number of hydrogen-bond acceptors (Lipinski definition) is 5. The summed E-state index contributed by atoms with van der Waals surface area (Å²) < 4.78 is 1.37. The highest BCUT2D eigenvalue weighted by molar-refractivity contribution is 6.31. The van der Waals surface area contributed by atoms with Crippen LogP contribution in [0.25, 0.3) is 0 Å². The predicted octanol–water partition coefficient (Wildman–Crippen LogP) is 2.23. The molecule has 30 heavy (non-hydrogen) atoms.